The SMILES string of the molecule is CC(C)c1cccc(C(C)C)c1-n1c(-c2[c-]cccc2)nc2ccccc21.Cc1cnc(-c2[c-]ccc3c2oc2cc4c(cc23)c2cccc3c5ccccc5n4c32)cc1C.[Ir]. The van der Waals surface area contributed by atoms with Crippen molar-refractivity contribution in [2.24, 2.45) is 0 Å². The molecule has 0 saturated heterocycles. The van der Waals surface area contributed by atoms with Gasteiger partial charge in [0.25, 0.3) is 0 Å². The van der Waals surface area contributed by atoms with Gasteiger partial charge in [-0.2, -0.15) is 0 Å². The maximum Gasteiger partial charge on any atom is 0.123 e. The van der Waals surface area contributed by atoms with Gasteiger partial charge in [0, 0.05) is 65.0 Å². The zero-order valence-electron chi connectivity index (χ0n) is 35.5. The summed E-state index contributed by atoms with van der Waals surface area (Å²) < 4.78 is 11.3. The van der Waals surface area contributed by atoms with Crippen LogP contribution in [0.15, 0.2) is 150 Å². The van der Waals surface area contributed by atoms with E-state index in [0.717, 1.165) is 55.6 Å². The number of hydrogen-bond donors (Lipinski definition) is 0. The van der Waals surface area contributed by atoms with E-state index in [1.807, 2.05) is 30.5 Å². The summed E-state index contributed by atoms with van der Waals surface area (Å²) in [5.74, 6) is 1.80. The molecule has 0 aliphatic heterocycles. The van der Waals surface area contributed by atoms with Crippen LogP contribution in [0.5, 0.6) is 0 Å². The van der Waals surface area contributed by atoms with E-state index < -0.39 is 0 Å². The van der Waals surface area contributed by atoms with E-state index in [4.69, 9.17) is 9.40 Å². The number of pyridine rings is 1. The molecule has 0 N–H and O–H groups in total. The fourth-order valence-electron chi connectivity index (χ4n) is 9.35. The smallest absolute Gasteiger partial charge is 0.123 e. The van der Waals surface area contributed by atoms with Gasteiger partial charge in [-0.1, -0.05) is 117 Å². The fourth-order valence-corrected chi connectivity index (χ4v) is 9.35. The van der Waals surface area contributed by atoms with E-state index in [0.29, 0.717) is 11.8 Å². The third-order valence-corrected chi connectivity index (χ3v) is 12.5. The molecular formula is C56H44IrN4O-2. The predicted molar refractivity (Wildman–Crippen MR) is 253 cm³/mol. The monoisotopic (exact) mass is 981 g/mol. The second-order valence-electron chi connectivity index (χ2n) is 16.9. The van der Waals surface area contributed by atoms with E-state index >= 15 is 0 Å². The molecule has 62 heavy (non-hydrogen) atoms. The average molecular weight is 981 g/mol. The summed E-state index contributed by atoms with van der Waals surface area (Å²) in [5.41, 5.74) is 16.7. The Balaban J connectivity index is 0.000000150. The Hall–Kier alpha value is -6.59. The second kappa shape index (κ2) is 15.4. The first-order valence-corrected chi connectivity index (χ1v) is 21.2. The molecule has 0 amide bonds. The zero-order chi connectivity index (χ0) is 41.5. The molecule has 0 fully saturated rings. The van der Waals surface area contributed by atoms with Crippen molar-refractivity contribution in [3.63, 3.8) is 0 Å². The molecule has 12 rings (SSSR count). The van der Waals surface area contributed by atoms with Gasteiger partial charge in [0.15, 0.2) is 0 Å². The molecule has 6 heteroatoms. The van der Waals surface area contributed by atoms with Crippen LogP contribution in [-0.4, -0.2) is 18.9 Å². The molecule has 5 heterocycles. The van der Waals surface area contributed by atoms with Crippen molar-refractivity contribution < 1.29 is 24.5 Å². The molecule has 5 nitrogen and oxygen atoms in total. The number of aromatic nitrogens is 4. The Morgan fingerprint density at radius 1 is 0.581 bits per heavy atom. The topological polar surface area (TPSA) is 48.3 Å². The minimum Gasteiger partial charge on any atom is -0.501 e. The van der Waals surface area contributed by atoms with Crippen LogP contribution in [0.2, 0.25) is 0 Å². The number of hydrogen-bond acceptors (Lipinski definition) is 3. The normalized spacial score (nSPS) is 11.9. The van der Waals surface area contributed by atoms with E-state index in [1.165, 1.54) is 66.0 Å². The van der Waals surface area contributed by atoms with E-state index in [-0.39, 0.29) is 20.1 Å². The molecular weight excluding hydrogens is 937 g/mol. The van der Waals surface area contributed by atoms with Crippen molar-refractivity contribution in [1.82, 2.24) is 18.9 Å². The second-order valence-corrected chi connectivity index (χ2v) is 16.9. The average Bonchev–Trinajstić information content (AvgIpc) is 4.04. The number of rotatable bonds is 5. The van der Waals surface area contributed by atoms with Crippen molar-refractivity contribution >= 4 is 71.1 Å². The van der Waals surface area contributed by atoms with Crippen LogP contribution in [0.4, 0.5) is 0 Å². The van der Waals surface area contributed by atoms with Gasteiger partial charge in [0.05, 0.1) is 39.0 Å². The van der Waals surface area contributed by atoms with Crippen LogP contribution >= 0.6 is 0 Å². The minimum atomic E-state index is 0. The van der Waals surface area contributed by atoms with Crippen LogP contribution in [0.25, 0.3) is 99.4 Å². The summed E-state index contributed by atoms with van der Waals surface area (Å²) in [5, 5.41) is 7.33. The summed E-state index contributed by atoms with van der Waals surface area (Å²) in [6, 6.07) is 55.9. The van der Waals surface area contributed by atoms with Crippen molar-refractivity contribution in [3.05, 3.63) is 180 Å². The van der Waals surface area contributed by atoms with Crippen LogP contribution in [0.1, 0.15) is 61.8 Å². The molecule has 5 aromatic heterocycles. The van der Waals surface area contributed by atoms with Crippen molar-refractivity contribution in [3.8, 4) is 28.3 Å². The van der Waals surface area contributed by atoms with Gasteiger partial charge in [-0.15, -0.1) is 54.1 Å². The van der Waals surface area contributed by atoms with Crippen LogP contribution in [0.3, 0.4) is 0 Å². The molecule has 1 radical (unpaired) electrons. The van der Waals surface area contributed by atoms with Gasteiger partial charge >= 0.3 is 0 Å². The summed E-state index contributed by atoms with van der Waals surface area (Å²) in [6.45, 7) is 13.2. The maximum absolute atomic E-state index is 6.53. The summed E-state index contributed by atoms with van der Waals surface area (Å²) in [7, 11) is 0. The predicted octanol–water partition coefficient (Wildman–Crippen LogP) is 15.0. The zero-order valence-corrected chi connectivity index (χ0v) is 37.9. The first kappa shape index (κ1) is 39.5. The van der Waals surface area contributed by atoms with Crippen LogP contribution in [-0.2, 0) is 20.1 Å². The van der Waals surface area contributed by atoms with Crippen molar-refractivity contribution in [2.45, 2.75) is 53.4 Å². The Kier molecular flexibility index (Phi) is 9.82. The molecule has 0 aliphatic rings. The summed E-state index contributed by atoms with van der Waals surface area (Å²) in [4.78, 5) is 9.67. The quantitative estimate of drug-likeness (QED) is 0.161. The molecule has 0 spiro atoms. The summed E-state index contributed by atoms with van der Waals surface area (Å²) >= 11 is 0. The first-order chi connectivity index (χ1) is 29.8. The van der Waals surface area contributed by atoms with Gasteiger partial charge in [-0.25, -0.2) is 0 Å². The minimum absolute atomic E-state index is 0. The Morgan fingerprint density at radius 2 is 1.27 bits per heavy atom. The molecule has 0 aliphatic carbocycles. The Bertz CT molecular complexity index is 3600. The number of aryl methyl sites for hydroxylation is 2. The molecule has 0 bridgehead atoms. The molecule has 12 aromatic rings. The van der Waals surface area contributed by atoms with Crippen LogP contribution in [0, 0.1) is 26.0 Å². The third kappa shape index (κ3) is 6.15. The number of furan rings is 1. The van der Waals surface area contributed by atoms with Crippen molar-refractivity contribution in [1.29, 1.82) is 0 Å². The first-order valence-electron chi connectivity index (χ1n) is 21.2. The third-order valence-electron chi connectivity index (χ3n) is 12.5. The van der Waals surface area contributed by atoms with Crippen LogP contribution < -0.4 is 0 Å². The number of imidazole rings is 1. The molecule has 0 saturated carbocycles. The van der Waals surface area contributed by atoms with E-state index in [9.17, 15) is 0 Å². The summed E-state index contributed by atoms with van der Waals surface area (Å²) in [6.07, 6.45) is 1.92. The number of fused-ring (bicyclic) bond motifs is 10. The van der Waals surface area contributed by atoms with Gasteiger partial charge in [-0.3, -0.25) is 4.98 Å². The van der Waals surface area contributed by atoms with Gasteiger partial charge < -0.3 is 18.4 Å². The molecule has 7 aromatic carbocycles. The van der Waals surface area contributed by atoms with E-state index in [2.05, 4.69) is 183 Å². The fraction of sp³-hybridized carbons (Fsp3) is 0.143. The van der Waals surface area contributed by atoms with E-state index in [1.54, 1.807) is 0 Å². The number of para-hydroxylation sites is 5. The van der Waals surface area contributed by atoms with Crippen molar-refractivity contribution in [2.75, 3.05) is 0 Å². The maximum atomic E-state index is 6.53. The standard InChI is InChI=1S/C31H19N2O.C25H25N2.Ir/c1-17-13-26(32-16-18(17)2)23-11-6-10-22-25-14-24-21-9-5-8-20-19-7-3-4-12-27(19)33(30(20)21)28(24)15-29(25)34-31(22)23;1-17(2)20-13-10-14-21(18(3)4)24(20)27-23-16-9-8-15-22(23)26-25(27)19-11-6-5-7-12-19;/h3-10,12-16H,1-2H3;5-11,13-18H,1-4H3;/q2*-1;. The Labute approximate surface area is 374 Å². The number of benzene rings is 7. The van der Waals surface area contributed by atoms with Gasteiger partial charge in [-0.05, 0) is 72.3 Å². The van der Waals surface area contributed by atoms with Gasteiger partial charge in [0.2, 0.25) is 0 Å². The molecule has 0 atom stereocenters. The van der Waals surface area contributed by atoms with Gasteiger partial charge in [0.1, 0.15) is 5.58 Å². The molecule has 0 unspecified atom stereocenters. The molecule has 305 valence electrons. The largest absolute Gasteiger partial charge is 0.501 e. The Morgan fingerprint density at radius 3 is 2.02 bits per heavy atom. The number of nitrogens with zero attached hydrogens (tertiary/aromatic N) is 4.